The fourth-order valence-corrected chi connectivity index (χ4v) is 2.56. The first-order chi connectivity index (χ1) is 9.97. The first kappa shape index (κ1) is 15.9. The standard InChI is InChI=1S/C15H14BrClN2O2/c1-10(11-3-2-4-14(17)7-11)18-9-12-5-6-13(16)8-15(12)19(20)21/h2-8,10,18H,9H2,1H3/t10-/m1/s1. The van der Waals surface area contributed by atoms with Crippen molar-refractivity contribution in [3.63, 3.8) is 0 Å². The van der Waals surface area contributed by atoms with Crippen LogP contribution < -0.4 is 5.32 Å². The van der Waals surface area contributed by atoms with Gasteiger partial charge in [-0.2, -0.15) is 0 Å². The smallest absolute Gasteiger partial charge is 0.275 e. The van der Waals surface area contributed by atoms with Crippen LogP contribution in [-0.4, -0.2) is 4.92 Å². The SMILES string of the molecule is C[C@@H](NCc1ccc(Br)cc1[N+](=O)[O-])c1cccc(Cl)c1. The van der Waals surface area contributed by atoms with E-state index in [0.717, 1.165) is 5.56 Å². The van der Waals surface area contributed by atoms with Crippen LogP contribution in [0, 0.1) is 10.1 Å². The first-order valence-electron chi connectivity index (χ1n) is 6.39. The van der Waals surface area contributed by atoms with Gasteiger partial charge in [0, 0.05) is 33.7 Å². The lowest BCUT2D eigenvalue weighted by atomic mass is 10.1. The van der Waals surface area contributed by atoms with Crippen LogP contribution >= 0.6 is 27.5 Å². The molecule has 0 saturated carbocycles. The zero-order chi connectivity index (χ0) is 15.4. The van der Waals surface area contributed by atoms with Crippen LogP contribution in [0.5, 0.6) is 0 Å². The van der Waals surface area contributed by atoms with Crippen molar-refractivity contribution in [1.29, 1.82) is 0 Å². The number of rotatable bonds is 5. The molecule has 0 bridgehead atoms. The van der Waals surface area contributed by atoms with Gasteiger partial charge in [0.15, 0.2) is 0 Å². The Morgan fingerprint density at radius 3 is 2.76 bits per heavy atom. The summed E-state index contributed by atoms with van der Waals surface area (Å²) in [5.74, 6) is 0. The van der Waals surface area contributed by atoms with Crippen LogP contribution in [0.4, 0.5) is 5.69 Å². The molecule has 1 N–H and O–H groups in total. The normalized spacial score (nSPS) is 12.1. The summed E-state index contributed by atoms with van der Waals surface area (Å²) >= 11 is 9.22. The van der Waals surface area contributed by atoms with E-state index in [-0.39, 0.29) is 16.7 Å². The molecule has 0 aliphatic rings. The maximum Gasteiger partial charge on any atom is 0.275 e. The Labute approximate surface area is 136 Å². The molecule has 0 spiro atoms. The predicted molar refractivity (Wildman–Crippen MR) is 87.5 cm³/mol. The molecule has 2 rings (SSSR count). The fourth-order valence-electron chi connectivity index (χ4n) is 2.01. The van der Waals surface area contributed by atoms with Gasteiger partial charge >= 0.3 is 0 Å². The number of nitrogens with zero attached hydrogens (tertiary/aromatic N) is 1. The topological polar surface area (TPSA) is 55.2 Å². The second-order valence-corrected chi connectivity index (χ2v) is 6.04. The number of nitrogens with one attached hydrogen (secondary N) is 1. The number of nitro benzene ring substituents is 1. The van der Waals surface area contributed by atoms with Gasteiger partial charge in [0.25, 0.3) is 5.69 Å². The van der Waals surface area contributed by atoms with Crippen LogP contribution in [0.2, 0.25) is 5.02 Å². The van der Waals surface area contributed by atoms with Crippen molar-refractivity contribution >= 4 is 33.2 Å². The maximum atomic E-state index is 11.1. The Balaban J connectivity index is 2.11. The number of hydrogen-bond donors (Lipinski definition) is 1. The zero-order valence-electron chi connectivity index (χ0n) is 11.3. The Hall–Kier alpha value is -1.43. The molecule has 0 aliphatic carbocycles. The summed E-state index contributed by atoms with van der Waals surface area (Å²) in [7, 11) is 0. The molecule has 0 fully saturated rings. The molecule has 4 nitrogen and oxygen atoms in total. The van der Waals surface area contributed by atoms with Gasteiger partial charge in [-0.15, -0.1) is 0 Å². The molecule has 0 aliphatic heterocycles. The third kappa shape index (κ3) is 4.27. The second kappa shape index (κ2) is 7.02. The van der Waals surface area contributed by atoms with Crippen LogP contribution in [0.15, 0.2) is 46.9 Å². The highest BCUT2D eigenvalue weighted by Gasteiger charge is 2.15. The van der Waals surface area contributed by atoms with Crippen LogP contribution in [0.3, 0.4) is 0 Å². The van der Waals surface area contributed by atoms with Crippen molar-refractivity contribution in [2.75, 3.05) is 0 Å². The molecule has 0 aromatic heterocycles. The van der Waals surface area contributed by atoms with Crippen molar-refractivity contribution in [3.05, 3.63) is 73.2 Å². The van der Waals surface area contributed by atoms with Crippen LogP contribution in [0.25, 0.3) is 0 Å². The molecule has 0 radical (unpaired) electrons. The van der Waals surface area contributed by atoms with Gasteiger partial charge in [0.2, 0.25) is 0 Å². The Morgan fingerprint density at radius 1 is 1.33 bits per heavy atom. The monoisotopic (exact) mass is 368 g/mol. The quantitative estimate of drug-likeness (QED) is 0.605. The molecule has 0 saturated heterocycles. The first-order valence-corrected chi connectivity index (χ1v) is 7.56. The minimum absolute atomic E-state index is 0.0481. The fraction of sp³-hybridized carbons (Fsp3) is 0.200. The molecule has 2 aromatic carbocycles. The van der Waals surface area contributed by atoms with Gasteiger partial charge in [-0.1, -0.05) is 39.7 Å². The second-order valence-electron chi connectivity index (χ2n) is 4.69. The van der Waals surface area contributed by atoms with Gasteiger partial charge in [-0.05, 0) is 36.8 Å². The third-order valence-corrected chi connectivity index (χ3v) is 3.92. The summed E-state index contributed by atoms with van der Waals surface area (Å²) in [4.78, 5) is 10.7. The van der Waals surface area contributed by atoms with Crippen molar-refractivity contribution in [2.45, 2.75) is 19.5 Å². The highest BCUT2D eigenvalue weighted by Crippen LogP contribution is 2.24. The Kier molecular flexibility index (Phi) is 5.33. The summed E-state index contributed by atoms with van der Waals surface area (Å²) in [6.45, 7) is 2.41. The van der Waals surface area contributed by atoms with Gasteiger partial charge in [-0.3, -0.25) is 10.1 Å². The molecule has 0 amide bonds. The minimum atomic E-state index is -0.369. The maximum absolute atomic E-state index is 11.1. The lowest BCUT2D eigenvalue weighted by Gasteiger charge is -2.14. The molecule has 21 heavy (non-hydrogen) atoms. The highest BCUT2D eigenvalue weighted by molar-refractivity contribution is 9.10. The largest absolute Gasteiger partial charge is 0.306 e. The Morgan fingerprint density at radius 2 is 2.10 bits per heavy atom. The summed E-state index contributed by atoms with van der Waals surface area (Å²) in [6, 6.07) is 12.7. The van der Waals surface area contributed by atoms with Gasteiger partial charge in [0.1, 0.15) is 0 Å². The average molecular weight is 370 g/mol. The van der Waals surface area contributed by atoms with E-state index >= 15 is 0 Å². The lowest BCUT2D eigenvalue weighted by Crippen LogP contribution is -2.18. The number of halogens is 2. The molecule has 0 heterocycles. The molecule has 1 atom stereocenters. The van der Waals surface area contributed by atoms with E-state index < -0.39 is 0 Å². The van der Waals surface area contributed by atoms with Crippen LogP contribution in [0.1, 0.15) is 24.1 Å². The number of nitro groups is 1. The molecule has 6 heteroatoms. The number of benzene rings is 2. The molecular formula is C15H14BrClN2O2. The van der Waals surface area contributed by atoms with Crippen molar-refractivity contribution in [3.8, 4) is 0 Å². The zero-order valence-corrected chi connectivity index (χ0v) is 13.7. The van der Waals surface area contributed by atoms with E-state index in [4.69, 9.17) is 11.6 Å². The van der Waals surface area contributed by atoms with E-state index in [2.05, 4.69) is 21.2 Å². The van der Waals surface area contributed by atoms with Gasteiger partial charge in [0.05, 0.1) is 4.92 Å². The molecule has 2 aromatic rings. The summed E-state index contributed by atoms with van der Waals surface area (Å²) in [5, 5.41) is 15.0. The van der Waals surface area contributed by atoms with Gasteiger partial charge in [-0.25, -0.2) is 0 Å². The van der Waals surface area contributed by atoms with Gasteiger partial charge < -0.3 is 5.32 Å². The minimum Gasteiger partial charge on any atom is -0.306 e. The summed E-state index contributed by atoms with van der Waals surface area (Å²) < 4.78 is 0.695. The molecule has 0 unspecified atom stereocenters. The van der Waals surface area contributed by atoms with Crippen molar-refractivity contribution < 1.29 is 4.92 Å². The average Bonchev–Trinajstić information content (AvgIpc) is 2.45. The van der Waals surface area contributed by atoms with E-state index in [1.54, 1.807) is 12.1 Å². The molecule has 110 valence electrons. The van der Waals surface area contributed by atoms with E-state index in [9.17, 15) is 10.1 Å². The summed E-state index contributed by atoms with van der Waals surface area (Å²) in [6.07, 6.45) is 0. The highest BCUT2D eigenvalue weighted by atomic mass is 79.9. The van der Waals surface area contributed by atoms with Crippen molar-refractivity contribution in [1.82, 2.24) is 5.32 Å². The number of hydrogen-bond acceptors (Lipinski definition) is 3. The van der Waals surface area contributed by atoms with E-state index in [0.29, 0.717) is 21.6 Å². The third-order valence-electron chi connectivity index (χ3n) is 3.19. The lowest BCUT2D eigenvalue weighted by molar-refractivity contribution is -0.385. The predicted octanol–water partition coefficient (Wildman–Crippen LogP) is 4.86. The summed E-state index contributed by atoms with van der Waals surface area (Å²) in [5.41, 5.74) is 1.80. The van der Waals surface area contributed by atoms with Crippen LogP contribution in [-0.2, 0) is 6.54 Å². The van der Waals surface area contributed by atoms with E-state index in [1.165, 1.54) is 6.07 Å². The Bertz CT molecular complexity index is 664. The van der Waals surface area contributed by atoms with Crippen molar-refractivity contribution in [2.24, 2.45) is 0 Å². The molecular weight excluding hydrogens is 356 g/mol. The van der Waals surface area contributed by atoms with E-state index in [1.807, 2.05) is 31.2 Å².